The number of carbonyl (C=O) groups is 1. The van der Waals surface area contributed by atoms with Crippen molar-refractivity contribution in [2.45, 2.75) is 19.4 Å². The van der Waals surface area contributed by atoms with E-state index < -0.39 is 5.54 Å². The second-order valence-corrected chi connectivity index (χ2v) is 2.51. The zero-order chi connectivity index (χ0) is 7.33. The van der Waals surface area contributed by atoms with Gasteiger partial charge in [-0.25, -0.2) is 0 Å². The van der Waals surface area contributed by atoms with Gasteiger partial charge in [0.1, 0.15) is 6.29 Å². The van der Waals surface area contributed by atoms with Gasteiger partial charge in [0.25, 0.3) is 0 Å². The predicted molar refractivity (Wildman–Crippen MR) is 38.3 cm³/mol. The minimum atomic E-state index is -0.409. The molecule has 0 aliphatic heterocycles. The Kier molecular flexibility index (Phi) is 3.17. The summed E-state index contributed by atoms with van der Waals surface area (Å²) in [5, 5.41) is 2.97. The van der Waals surface area contributed by atoms with Crippen molar-refractivity contribution >= 4 is 6.29 Å². The number of aldehydes is 1. The van der Waals surface area contributed by atoms with Crippen LogP contribution in [0.4, 0.5) is 0 Å². The molecule has 0 fully saturated rings. The molecule has 0 aromatic rings. The summed E-state index contributed by atoms with van der Waals surface area (Å²) in [6.45, 7) is 7.84. The zero-order valence-electron chi connectivity index (χ0n) is 5.98. The first kappa shape index (κ1) is 8.37. The Morgan fingerprint density at radius 1 is 1.67 bits per heavy atom. The fourth-order valence-corrected chi connectivity index (χ4v) is 0.377. The van der Waals surface area contributed by atoms with Crippen molar-refractivity contribution in [3.63, 3.8) is 0 Å². The van der Waals surface area contributed by atoms with Gasteiger partial charge < -0.3 is 10.1 Å². The van der Waals surface area contributed by atoms with Gasteiger partial charge in [0, 0.05) is 6.54 Å². The van der Waals surface area contributed by atoms with Crippen LogP contribution < -0.4 is 5.32 Å². The van der Waals surface area contributed by atoms with E-state index in [0.717, 1.165) is 6.29 Å². The van der Waals surface area contributed by atoms with Gasteiger partial charge in [-0.15, -0.1) is 6.58 Å². The number of hydrogen-bond donors (Lipinski definition) is 1. The van der Waals surface area contributed by atoms with Gasteiger partial charge in [-0.2, -0.15) is 0 Å². The van der Waals surface area contributed by atoms with Gasteiger partial charge in [0.2, 0.25) is 0 Å². The molecular weight excluding hydrogens is 114 g/mol. The highest BCUT2D eigenvalue weighted by Gasteiger charge is 2.12. The van der Waals surface area contributed by atoms with E-state index in [1.165, 1.54) is 0 Å². The summed E-state index contributed by atoms with van der Waals surface area (Å²) >= 11 is 0. The third kappa shape index (κ3) is 3.91. The van der Waals surface area contributed by atoms with Crippen LogP contribution in [0.25, 0.3) is 0 Å². The molecule has 0 unspecified atom stereocenters. The average molecular weight is 127 g/mol. The molecule has 2 nitrogen and oxygen atoms in total. The van der Waals surface area contributed by atoms with E-state index in [2.05, 4.69) is 11.9 Å². The molecule has 0 heterocycles. The van der Waals surface area contributed by atoms with Crippen LogP contribution in [-0.2, 0) is 4.79 Å². The van der Waals surface area contributed by atoms with Crippen LogP contribution in [0.15, 0.2) is 12.7 Å². The van der Waals surface area contributed by atoms with E-state index in [1.807, 2.05) is 13.8 Å². The highest BCUT2D eigenvalue weighted by molar-refractivity contribution is 5.62. The van der Waals surface area contributed by atoms with Crippen molar-refractivity contribution < 1.29 is 4.79 Å². The summed E-state index contributed by atoms with van der Waals surface area (Å²) in [6.07, 6.45) is 2.61. The molecule has 0 aromatic carbocycles. The average Bonchev–Trinajstić information content (AvgIpc) is 1.84. The topological polar surface area (TPSA) is 29.1 Å². The lowest BCUT2D eigenvalue weighted by Gasteiger charge is -2.16. The normalized spacial score (nSPS) is 10.9. The largest absolute Gasteiger partial charge is 0.302 e. The number of hydrogen-bond acceptors (Lipinski definition) is 2. The Hall–Kier alpha value is -0.630. The van der Waals surface area contributed by atoms with Gasteiger partial charge in [-0.3, -0.25) is 0 Å². The summed E-state index contributed by atoms with van der Waals surface area (Å²) in [5.74, 6) is 0. The molecular formula is C7H13NO. The Balaban J connectivity index is 3.57. The fraction of sp³-hybridized carbons (Fsp3) is 0.571. The minimum absolute atomic E-state index is 0.409. The Morgan fingerprint density at radius 3 is 2.56 bits per heavy atom. The molecule has 52 valence electrons. The van der Waals surface area contributed by atoms with Gasteiger partial charge in [-0.05, 0) is 13.8 Å². The first-order valence-electron chi connectivity index (χ1n) is 2.94. The lowest BCUT2D eigenvalue weighted by Crippen LogP contribution is -2.40. The van der Waals surface area contributed by atoms with Crippen LogP contribution >= 0.6 is 0 Å². The minimum Gasteiger partial charge on any atom is -0.302 e. The first-order valence-corrected chi connectivity index (χ1v) is 2.94. The molecule has 0 saturated carbocycles. The maximum Gasteiger partial charge on any atom is 0.139 e. The molecule has 0 bridgehead atoms. The molecule has 9 heavy (non-hydrogen) atoms. The van der Waals surface area contributed by atoms with Crippen LogP contribution in [0.5, 0.6) is 0 Å². The van der Waals surface area contributed by atoms with E-state index in [0.29, 0.717) is 6.54 Å². The number of carbonyl (C=O) groups excluding carboxylic acids is 1. The Bertz CT molecular complexity index is 107. The standard InChI is InChI=1S/C7H13NO/c1-4-5-8-7(2,3)6-9/h4,6,8H,1,5H2,2-3H3. The van der Waals surface area contributed by atoms with Crippen molar-refractivity contribution in [3.05, 3.63) is 12.7 Å². The summed E-state index contributed by atoms with van der Waals surface area (Å²) < 4.78 is 0. The van der Waals surface area contributed by atoms with Gasteiger partial charge >= 0.3 is 0 Å². The summed E-state index contributed by atoms with van der Waals surface area (Å²) in [4.78, 5) is 10.2. The maximum absolute atomic E-state index is 10.2. The number of rotatable bonds is 4. The Labute approximate surface area is 56.0 Å². The summed E-state index contributed by atoms with van der Waals surface area (Å²) in [6, 6.07) is 0. The first-order chi connectivity index (χ1) is 4.12. The summed E-state index contributed by atoms with van der Waals surface area (Å²) in [7, 11) is 0. The smallest absolute Gasteiger partial charge is 0.139 e. The molecule has 0 saturated heterocycles. The second kappa shape index (κ2) is 3.41. The number of nitrogens with one attached hydrogen (secondary N) is 1. The van der Waals surface area contributed by atoms with Gasteiger partial charge in [0.05, 0.1) is 5.54 Å². The molecule has 2 heteroatoms. The Morgan fingerprint density at radius 2 is 2.22 bits per heavy atom. The van der Waals surface area contributed by atoms with E-state index >= 15 is 0 Å². The zero-order valence-corrected chi connectivity index (χ0v) is 5.98. The highest BCUT2D eigenvalue weighted by Crippen LogP contribution is 1.94. The molecule has 1 N–H and O–H groups in total. The molecule has 0 amide bonds. The maximum atomic E-state index is 10.2. The van der Waals surface area contributed by atoms with Crippen LogP contribution in [0, 0.1) is 0 Å². The van der Waals surface area contributed by atoms with E-state index in [1.54, 1.807) is 6.08 Å². The second-order valence-electron chi connectivity index (χ2n) is 2.51. The van der Waals surface area contributed by atoms with Crippen LogP contribution in [-0.4, -0.2) is 18.4 Å². The van der Waals surface area contributed by atoms with E-state index in [4.69, 9.17) is 0 Å². The van der Waals surface area contributed by atoms with Crippen molar-refractivity contribution in [3.8, 4) is 0 Å². The molecule has 0 aliphatic carbocycles. The molecule has 0 atom stereocenters. The van der Waals surface area contributed by atoms with Crippen molar-refractivity contribution in [1.82, 2.24) is 5.32 Å². The predicted octanol–water partition coefficient (Wildman–Crippen LogP) is 0.739. The van der Waals surface area contributed by atoms with Gasteiger partial charge in [0.15, 0.2) is 0 Å². The monoisotopic (exact) mass is 127 g/mol. The van der Waals surface area contributed by atoms with E-state index in [9.17, 15) is 4.79 Å². The van der Waals surface area contributed by atoms with E-state index in [-0.39, 0.29) is 0 Å². The molecule has 0 radical (unpaired) electrons. The third-order valence-corrected chi connectivity index (χ3v) is 0.997. The van der Waals surface area contributed by atoms with Crippen molar-refractivity contribution in [2.24, 2.45) is 0 Å². The van der Waals surface area contributed by atoms with Crippen LogP contribution in [0.3, 0.4) is 0 Å². The SMILES string of the molecule is C=CCNC(C)(C)C=O. The molecule has 0 aromatic heterocycles. The van der Waals surface area contributed by atoms with Crippen LogP contribution in [0.2, 0.25) is 0 Å². The molecule has 0 rings (SSSR count). The van der Waals surface area contributed by atoms with Crippen LogP contribution in [0.1, 0.15) is 13.8 Å². The van der Waals surface area contributed by atoms with Crippen molar-refractivity contribution in [1.29, 1.82) is 0 Å². The quantitative estimate of drug-likeness (QED) is 0.446. The third-order valence-electron chi connectivity index (χ3n) is 0.997. The summed E-state index contributed by atoms with van der Waals surface area (Å²) in [5.41, 5.74) is -0.409. The highest BCUT2D eigenvalue weighted by atomic mass is 16.1. The fourth-order valence-electron chi connectivity index (χ4n) is 0.377. The van der Waals surface area contributed by atoms with Gasteiger partial charge in [-0.1, -0.05) is 6.08 Å². The molecule has 0 spiro atoms. The lowest BCUT2D eigenvalue weighted by atomic mass is 10.1. The molecule has 0 aliphatic rings. The lowest BCUT2D eigenvalue weighted by molar-refractivity contribution is -0.112. The van der Waals surface area contributed by atoms with Crippen molar-refractivity contribution in [2.75, 3.05) is 6.54 Å².